The quantitative estimate of drug-likeness (QED) is 0.863. The van der Waals surface area contributed by atoms with Gasteiger partial charge in [-0.25, -0.2) is 12.7 Å². The second-order valence-corrected chi connectivity index (χ2v) is 9.44. The molecule has 1 aliphatic heterocycles. The van der Waals surface area contributed by atoms with Crippen molar-refractivity contribution >= 4 is 26.8 Å². The van der Waals surface area contributed by atoms with Crippen LogP contribution >= 0.6 is 0 Å². The molecule has 1 aliphatic carbocycles. The number of hydrogen-bond acceptors (Lipinski definition) is 3. The average Bonchev–Trinajstić information content (AvgIpc) is 2.99. The number of nitrogens with zero attached hydrogens (tertiary/aromatic N) is 1. The number of sulfonamides is 1. The van der Waals surface area contributed by atoms with Crippen LogP contribution in [0.5, 0.6) is 0 Å². The highest BCUT2D eigenvalue weighted by Crippen LogP contribution is 2.29. The lowest BCUT2D eigenvalue weighted by atomic mass is 9.95. The fourth-order valence-electron chi connectivity index (χ4n) is 4.15. The van der Waals surface area contributed by atoms with Gasteiger partial charge in [0.15, 0.2) is 0 Å². The number of fused-ring (bicyclic) bond motifs is 3. The van der Waals surface area contributed by atoms with Gasteiger partial charge in [-0.15, -0.1) is 0 Å². The number of aromatic amines is 1. The van der Waals surface area contributed by atoms with Gasteiger partial charge in [0.05, 0.1) is 6.26 Å². The summed E-state index contributed by atoms with van der Waals surface area (Å²) in [5.74, 6) is -0.0736. The van der Waals surface area contributed by atoms with E-state index in [2.05, 4.69) is 10.3 Å². The number of carbonyl (C=O) groups is 1. The minimum absolute atomic E-state index is 0.0244. The maximum Gasteiger partial charge on any atom is 0.251 e. The van der Waals surface area contributed by atoms with Crippen molar-refractivity contribution in [2.24, 2.45) is 0 Å². The molecule has 2 heterocycles. The Balaban J connectivity index is 1.47. The Kier molecular flexibility index (Phi) is 4.52. The van der Waals surface area contributed by atoms with Gasteiger partial charge < -0.3 is 10.3 Å². The maximum absolute atomic E-state index is 12.7. The van der Waals surface area contributed by atoms with E-state index in [0.717, 1.165) is 18.4 Å². The molecule has 2 aromatic rings. The number of nitrogens with one attached hydrogen (secondary N) is 2. The van der Waals surface area contributed by atoms with E-state index in [1.54, 1.807) is 0 Å². The van der Waals surface area contributed by atoms with Gasteiger partial charge in [-0.2, -0.15) is 0 Å². The summed E-state index contributed by atoms with van der Waals surface area (Å²) in [6.45, 7) is 0.933. The molecule has 0 spiro atoms. The summed E-state index contributed by atoms with van der Waals surface area (Å²) in [5, 5.41) is 4.24. The lowest BCUT2D eigenvalue weighted by molar-refractivity contribution is 0.0924. The number of amides is 1. The SMILES string of the molecule is CS(=O)(=O)N1CCC(NC(=O)c2ccc3[nH]c4c(c3c2)CCCC4)CC1. The fourth-order valence-corrected chi connectivity index (χ4v) is 5.02. The Bertz CT molecular complexity index is 940. The van der Waals surface area contributed by atoms with Crippen LogP contribution in [0.2, 0.25) is 0 Å². The van der Waals surface area contributed by atoms with E-state index in [-0.39, 0.29) is 11.9 Å². The summed E-state index contributed by atoms with van der Waals surface area (Å²) in [6, 6.07) is 5.88. The highest BCUT2D eigenvalue weighted by atomic mass is 32.2. The van der Waals surface area contributed by atoms with Gasteiger partial charge in [0.2, 0.25) is 10.0 Å². The second kappa shape index (κ2) is 6.70. The molecule has 2 aliphatic rings. The first-order chi connectivity index (χ1) is 12.4. The van der Waals surface area contributed by atoms with Gasteiger partial charge >= 0.3 is 0 Å². The number of aromatic nitrogens is 1. The molecular formula is C19H25N3O3S. The van der Waals surface area contributed by atoms with Gasteiger partial charge in [0.1, 0.15) is 0 Å². The molecule has 26 heavy (non-hydrogen) atoms. The van der Waals surface area contributed by atoms with Gasteiger partial charge in [0.25, 0.3) is 5.91 Å². The van der Waals surface area contributed by atoms with E-state index in [4.69, 9.17) is 0 Å². The first kappa shape index (κ1) is 17.5. The number of hydrogen-bond donors (Lipinski definition) is 2. The molecule has 4 rings (SSSR count). The fraction of sp³-hybridized carbons (Fsp3) is 0.526. The Hall–Kier alpha value is -1.86. The molecule has 0 radical (unpaired) electrons. The van der Waals surface area contributed by atoms with E-state index in [0.29, 0.717) is 31.5 Å². The minimum atomic E-state index is -3.14. The van der Waals surface area contributed by atoms with Crippen LogP contribution in [-0.2, 0) is 22.9 Å². The zero-order valence-electron chi connectivity index (χ0n) is 15.0. The molecule has 0 atom stereocenters. The summed E-state index contributed by atoms with van der Waals surface area (Å²) in [6.07, 6.45) is 7.13. The Morgan fingerprint density at radius 1 is 1.19 bits per heavy atom. The summed E-state index contributed by atoms with van der Waals surface area (Å²) in [7, 11) is -3.14. The minimum Gasteiger partial charge on any atom is -0.358 e. The van der Waals surface area contributed by atoms with Crippen molar-refractivity contribution in [1.82, 2.24) is 14.6 Å². The molecule has 1 fully saturated rings. The van der Waals surface area contributed by atoms with E-state index in [1.165, 1.54) is 40.0 Å². The number of H-pyrrole nitrogens is 1. The molecule has 0 unspecified atom stereocenters. The molecule has 0 saturated carbocycles. The number of carbonyl (C=O) groups excluding carboxylic acids is 1. The van der Waals surface area contributed by atoms with Gasteiger partial charge in [-0.05, 0) is 62.3 Å². The predicted molar refractivity (Wildman–Crippen MR) is 102 cm³/mol. The van der Waals surface area contributed by atoms with E-state index < -0.39 is 10.0 Å². The highest BCUT2D eigenvalue weighted by Gasteiger charge is 2.26. The Morgan fingerprint density at radius 2 is 1.92 bits per heavy atom. The first-order valence-electron chi connectivity index (χ1n) is 9.31. The predicted octanol–water partition coefficient (Wildman–Crippen LogP) is 2.20. The number of benzene rings is 1. The molecule has 1 amide bonds. The monoisotopic (exact) mass is 375 g/mol. The molecule has 1 aromatic carbocycles. The average molecular weight is 375 g/mol. The van der Waals surface area contributed by atoms with Crippen molar-refractivity contribution in [2.45, 2.75) is 44.6 Å². The van der Waals surface area contributed by atoms with E-state index in [9.17, 15) is 13.2 Å². The van der Waals surface area contributed by atoms with Gasteiger partial charge in [-0.1, -0.05) is 0 Å². The smallest absolute Gasteiger partial charge is 0.251 e. The van der Waals surface area contributed by atoms with Crippen molar-refractivity contribution in [3.63, 3.8) is 0 Å². The van der Waals surface area contributed by atoms with Crippen LogP contribution in [0.4, 0.5) is 0 Å². The third-order valence-corrected chi connectivity index (χ3v) is 6.92. The molecule has 7 heteroatoms. The standard InChI is InChI=1S/C19H25N3O3S/c1-26(24,25)22-10-8-14(9-11-22)20-19(23)13-6-7-18-16(12-13)15-4-2-3-5-17(15)21-18/h6-7,12,14,21H,2-5,8-11H2,1H3,(H,20,23). The zero-order valence-corrected chi connectivity index (χ0v) is 15.9. The third kappa shape index (κ3) is 3.38. The van der Waals surface area contributed by atoms with Gasteiger partial charge in [-0.3, -0.25) is 4.79 Å². The van der Waals surface area contributed by atoms with Crippen LogP contribution in [0, 0.1) is 0 Å². The molecule has 0 bridgehead atoms. The van der Waals surface area contributed by atoms with Crippen LogP contribution in [-0.4, -0.2) is 49.0 Å². The Morgan fingerprint density at radius 3 is 2.65 bits per heavy atom. The number of rotatable bonds is 3. The topological polar surface area (TPSA) is 82.3 Å². The van der Waals surface area contributed by atoms with Crippen molar-refractivity contribution < 1.29 is 13.2 Å². The molecule has 140 valence electrons. The van der Waals surface area contributed by atoms with Crippen LogP contribution in [0.25, 0.3) is 10.9 Å². The van der Waals surface area contributed by atoms with Crippen LogP contribution in [0.1, 0.15) is 47.3 Å². The molecule has 6 nitrogen and oxygen atoms in total. The largest absolute Gasteiger partial charge is 0.358 e. The van der Waals surface area contributed by atoms with Crippen molar-refractivity contribution in [3.8, 4) is 0 Å². The summed E-state index contributed by atoms with van der Waals surface area (Å²) in [5.41, 5.74) is 4.46. The number of piperidine rings is 1. The Labute approximate surface area is 154 Å². The van der Waals surface area contributed by atoms with E-state index >= 15 is 0 Å². The normalized spacial score (nSPS) is 19.4. The lowest BCUT2D eigenvalue weighted by Crippen LogP contribution is -2.46. The molecule has 1 aromatic heterocycles. The number of aryl methyl sites for hydroxylation is 2. The van der Waals surface area contributed by atoms with Crippen LogP contribution < -0.4 is 5.32 Å². The first-order valence-corrected chi connectivity index (χ1v) is 11.2. The molecule has 2 N–H and O–H groups in total. The third-order valence-electron chi connectivity index (χ3n) is 5.62. The van der Waals surface area contributed by atoms with Crippen LogP contribution in [0.15, 0.2) is 18.2 Å². The zero-order chi connectivity index (χ0) is 18.3. The summed E-state index contributed by atoms with van der Waals surface area (Å²) < 4.78 is 24.7. The van der Waals surface area contributed by atoms with Crippen molar-refractivity contribution in [2.75, 3.05) is 19.3 Å². The summed E-state index contributed by atoms with van der Waals surface area (Å²) in [4.78, 5) is 16.2. The van der Waals surface area contributed by atoms with Crippen LogP contribution in [0.3, 0.4) is 0 Å². The van der Waals surface area contributed by atoms with E-state index in [1.807, 2.05) is 18.2 Å². The molecular weight excluding hydrogens is 350 g/mol. The second-order valence-electron chi connectivity index (χ2n) is 7.46. The molecule has 1 saturated heterocycles. The maximum atomic E-state index is 12.7. The highest BCUT2D eigenvalue weighted by molar-refractivity contribution is 7.88. The van der Waals surface area contributed by atoms with Crippen molar-refractivity contribution in [1.29, 1.82) is 0 Å². The van der Waals surface area contributed by atoms with Crippen molar-refractivity contribution in [3.05, 3.63) is 35.0 Å². The van der Waals surface area contributed by atoms with Gasteiger partial charge in [0, 0.05) is 41.3 Å². The summed E-state index contributed by atoms with van der Waals surface area (Å²) >= 11 is 0. The lowest BCUT2D eigenvalue weighted by Gasteiger charge is -2.30.